The molecule has 0 bridgehead atoms. The van der Waals surface area contributed by atoms with Crippen LogP contribution >= 0.6 is 46.4 Å². The van der Waals surface area contributed by atoms with Crippen molar-refractivity contribution < 1.29 is 18.4 Å². The average molecular weight is 612 g/mol. The summed E-state index contributed by atoms with van der Waals surface area (Å²) in [6, 6.07) is 20.6. The molecule has 3 heterocycles. The van der Waals surface area contributed by atoms with E-state index in [1.165, 1.54) is 18.2 Å². The Morgan fingerprint density at radius 1 is 0.525 bits per heavy atom. The normalized spacial score (nSPS) is 11.3. The van der Waals surface area contributed by atoms with Crippen LogP contribution in [-0.4, -0.2) is 5.11 Å². The van der Waals surface area contributed by atoms with Crippen LogP contribution in [0.25, 0.3) is 55.4 Å². The molecular formula is C30H14Cl4O6. The molecule has 10 heteroatoms. The van der Waals surface area contributed by atoms with Crippen molar-refractivity contribution in [1.29, 1.82) is 0 Å². The van der Waals surface area contributed by atoms with Crippen molar-refractivity contribution in [3.8, 4) is 17.1 Å². The van der Waals surface area contributed by atoms with Gasteiger partial charge in [0, 0.05) is 38.3 Å². The Morgan fingerprint density at radius 3 is 1.85 bits per heavy atom. The quantitative estimate of drug-likeness (QED) is 0.199. The van der Waals surface area contributed by atoms with Crippen LogP contribution < -0.4 is 10.9 Å². The maximum absolute atomic E-state index is 12.4. The lowest BCUT2D eigenvalue weighted by Crippen LogP contribution is -2.00. The number of phenols is 1. The van der Waals surface area contributed by atoms with Crippen molar-refractivity contribution in [2.45, 2.75) is 0 Å². The van der Waals surface area contributed by atoms with E-state index in [-0.39, 0.29) is 28.0 Å². The molecule has 0 fully saturated rings. The molecule has 6 nitrogen and oxygen atoms in total. The molecule has 0 saturated heterocycles. The number of benzene rings is 4. The second kappa shape index (κ2) is 10.2. The molecule has 7 rings (SSSR count). The van der Waals surface area contributed by atoms with E-state index in [9.17, 15) is 14.7 Å². The first kappa shape index (κ1) is 26.3. The molecule has 0 aliphatic heterocycles. The van der Waals surface area contributed by atoms with Gasteiger partial charge in [0.15, 0.2) is 11.0 Å². The largest absolute Gasteiger partial charge is 0.507 e. The number of rotatable bonds is 1. The van der Waals surface area contributed by atoms with Gasteiger partial charge in [0.2, 0.25) is 11.0 Å². The average Bonchev–Trinajstić information content (AvgIpc) is 3.28. The van der Waals surface area contributed by atoms with Crippen LogP contribution in [-0.2, 0) is 0 Å². The fourth-order valence-corrected chi connectivity index (χ4v) is 4.93. The Hall–Kier alpha value is -3.94. The van der Waals surface area contributed by atoms with Crippen LogP contribution in [0.15, 0.2) is 102 Å². The van der Waals surface area contributed by atoms with E-state index in [1.54, 1.807) is 60.7 Å². The minimum Gasteiger partial charge on any atom is -0.507 e. The number of phenolic OH excluding ortho intramolecular Hbond substituents is 1. The van der Waals surface area contributed by atoms with E-state index in [4.69, 9.17) is 59.7 Å². The number of fused-ring (bicyclic) bond motifs is 5. The number of hydrogen-bond donors (Lipinski definition) is 1. The van der Waals surface area contributed by atoms with Gasteiger partial charge >= 0.3 is 0 Å². The smallest absolute Gasteiger partial charge is 0.235 e. The molecule has 0 spiro atoms. The molecule has 3 aromatic heterocycles. The molecule has 4 aromatic carbocycles. The molecule has 0 saturated carbocycles. The van der Waals surface area contributed by atoms with Crippen LogP contribution in [0.3, 0.4) is 0 Å². The van der Waals surface area contributed by atoms with Gasteiger partial charge in [-0.1, -0.05) is 46.4 Å². The van der Waals surface area contributed by atoms with Crippen LogP contribution in [0.4, 0.5) is 0 Å². The summed E-state index contributed by atoms with van der Waals surface area (Å²) < 4.78 is 17.0. The SMILES string of the molecule is O=c1c2ccc(Cl)cc2oc2c1oc1ccc(Cl)cc12.O=c1cc(-c2cc(Cl)ccc2O)oc2cc(Cl)ccc12. The maximum Gasteiger partial charge on any atom is 0.235 e. The molecule has 0 radical (unpaired) electrons. The highest BCUT2D eigenvalue weighted by Crippen LogP contribution is 2.33. The zero-order valence-electron chi connectivity index (χ0n) is 20.0. The highest BCUT2D eigenvalue weighted by molar-refractivity contribution is 6.32. The molecule has 0 aliphatic rings. The lowest BCUT2D eigenvalue weighted by molar-refractivity contribution is 0.474. The monoisotopic (exact) mass is 610 g/mol. The molecule has 0 atom stereocenters. The first-order valence-corrected chi connectivity index (χ1v) is 13.2. The van der Waals surface area contributed by atoms with E-state index in [1.807, 2.05) is 0 Å². The summed E-state index contributed by atoms with van der Waals surface area (Å²) >= 11 is 23.7. The van der Waals surface area contributed by atoms with Gasteiger partial charge in [-0.2, -0.15) is 0 Å². The van der Waals surface area contributed by atoms with Crippen LogP contribution in [0.2, 0.25) is 20.1 Å². The van der Waals surface area contributed by atoms with Gasteiger partial charge in [0.05, 0.1) is 21.7 Å². The molecule has 0 unspecified atom stereocenters. The molecule has 198 valence electrons. The highest BCUT2D eigenvalue weighted by atomic mass is 35.5. The van der Waals surface area contributed by atoms with Crippen molar-refractivity contribution in [1.82, 2.24) is 0 Å². The third kappa shape index (κ3) is 4.80. The summed E-state index contributed by atoms with van der Waals surface area (Å²) in [5, 5.41) is 13.4. The third-order valence-corrected chi connectivity index (χ3v) is 7.07. The summed E-state index contributed by atoms with van der Waals surface area (Å²) in [6.07, 6.45) is 0. The topological polar surface area (TPSA) is 93.8 Å². The van der Waals surface area contributed by atoms with Crippen molar-refractivity contribution >= 4 is 90.5 Å². The van der Waals surface area contributed by atoms with Crippen molar-refractivity contribution in [2.24, 2.45) is 0 Å². The van der Waals surface area contributed by atoms with E-state index < -0.39 is 0 Å². The zero-order valence-corrected chi connectivity index (χ0v) is 23.0. The maximum atomic E-state index is 12.4. The first-order chi connectivity index (χ1) is 19.2. The van der Waals surface area contributed by atoms with Crippen molar-refractivity contribution in [2.75, 3.05) is 0 Å². The van der Waals surface area contributed by atoms with E-state index in [0.717, 1.165) is 0 Å². The van der Waals surface area contributed by atoms with Crippen molar-refractivity contribution in [3.05, 3.63) is 119 Å². The highest BCUT2D eigenvalue weighted by Gasteiger charge is 2.16. The minimum absolute atomic E-state index is 0.0149. The number of hydrogen-bond acceptors (Lipinski definition) is 6. The summed E-state index contributed by atoms with van der Waals surface area (Å²) in [5.74, 6) is 0.226. The summed E-state index contributed by atoms with van der Waals surface area (Å²) in [7, 11) is 0. The second-order valence-electron chi connectivity index (χ2n) is 8.75. The number of furan rings is 1. The van der Waals surface area contributed by atoms with E-state index in [2.05, 4.69) is 0 Å². The molecule has 1 N–H and O–H groups in total. The van der Waals surface area contributed by atoms with Crippen LogP contribution in [0.5, 0.6) is 5.75 Å². The Morgan fingerprint density at radius 2 is 1.10 bits per heavy atom. The second-order valence-corrected chi connectivity index (χ2v) is 10.5. The first-order valence-electron chi connectivity index (χ1n) is 11.6. The van der Waals surface area contributed by atoms with Gasteiger partial charge in [-0.3, -0.25) is 9.59 Å². The Balaban J connectivity index is 0.000000145. The van der Waals surface area contributed by atoms with E-state index >= 15 is 0 Å². The fourth-order valence-electron chi connectivity index (χ4n) is 4.27. The summed E-state index contributed by atoms with van der Waals surface area (Å²) in [6.45, 7) is 0. The van der Waals surface area contributed by atoms with Crippen LogP contribution in [0, 0.1) is 0 Å². The lowest BCUT2D eigenvalue weighted by Gasteiger charge is -2.06. The standard InChI is InChI=1S/C15H6Cl2O3.C15H8Cl2O3/c16-7-2-4-11-10(5-7)14-15(19-11)13(18)9-3-1-8(17)6-12(9)20-14;16-8-2-4-12(18)11(5-8)15-7-13(19)10-3-1-9(17)6-14(10)20-15/h1-6H;1-7,18H. The minimum atomic E-state index is -0.217. The molecule has 0 aliphatic carbocycles. The van der Waals surface area contributed by atoms with Gasteiger partial charge in [-0.15, -0.1) is 0 Å². The van der Waals surface area contributed by atoms with Gasteiger partial charge in [0.25, 0.3) is 0 Å². The number of halogens is 4. The van der Waals surface area contributed by atoms with E-state index in [0.29, 0.717) is 64.1 Å². The van der Waals surface area contributed by atoms with Crippen molar-refractivity contribution in [3.63, 3.8) is 0 Å². The Kier molecular flexibility index (Phi) is 6.72. The van der Waals surface area contributed by atoms with Gasteiger partial charge in [-0.25, -0.2) is 0 Å². The van der Waals surface area contributed by atoms with Gasteiger partial charge in [0.1, 0.15) is 28.3 Å². The van der Waals surface area contributed by atoms with Crippen LogP contribution in [0.1, 0.15) is 0 Å². The Bertz CT molecular complexity index is 2230. The summed E-state index contributed by atoms with van der Waals surface area (Å²) in [5.41, 5.74) is 1.86. The lowest BCUT2D eigenvalue weighted by atomic mass is 10.1. The zero-order chi connectivity index (χ0) is 28.1. The van der Waals surface area contributed by atoms with Gasteiger partial charge in [-0.05, 0) is 60.7 Å². The molecule has 7 aromatic rings. The Labute approximate surface area is 244 Å². The predicted molar refractivity (Wildman–Crippen MR) is 159 cm³/mol. The number of aromatic hydroxyl groups is 1. The third-order valence-electron chi connectivity index (χ3n) is 6.13. The van der Waals surface area contributed by atoms with Gasteiger partial charge < -0.3 is 18.4 Å². The molecule has 0 amide bonds. The fraction of sp³-hybridized carbons (Fsp3) is 0. The molecule has 40 heavy (non-hydrogen) atoms. The molecular weight excluding hydrogens is 598 g/mol. The predicted octanol–water partition coefficient (Wildman–Crippen LogP) is 9.47. The summed E-state index contributed by atoms with van der Waals surface area (Å²) in [4.78, 5) is 24.5.